The van der Waals surface area contributed by atoms with Crippen LogP contribution in [-0.2, 0) is 0 Å². The summed E-state index contributed by atoms with van der Waals surface area (Å²) in [6, 6.07) is 0. The van der Waals surface area contributed by atoms with Crippen LogP contribution in [0.1, 0.15) is 98.3 Å². The standard InChI is InChI=1S/C27H46O3/c1-18(9-12-25(2,3)29)23-7-8-24-22-6-5-19-17-27(30,15-16-28)14-11-20(19)21(22)10-13-26(23,24)4/h5,18,20-24,28-30H,6-17H2,1-4H3/t18?,20-,21?,22?,23+,24?,26+,27+/m0/s1. The molecule has 0 saturated heterocycles. The molecule has 3 nitrogen and oxygen atoms in total. The maximum absolute atomic E-state index is 10.9. The number of aliphatic hydroxyl groups is 3. The third-order valence-corrected chi connectivity index (χ3v) is 10.1. The summed E-state index contributed by atoms with van der Waals surface area (Å²) in [6.45, 7) is 9.03. The molecule has 4 unspecified atom stereocenters. The highest BCUT2D eigenvalue weighted by atomic mass is 16.3. The highest BCUT2D eigenvalue weighted by Crippen LogP contribution is 2.65. The zero-order valence-corrected chi connectivity index (χ0v) is 19.9. The Morgan fingerprint density at radius 2 is 1.90 bits per heavy atom. The highest BCUT2D eigenvalue weighted by Gasteiger charge is 2.57. The van der Waals surface area contributed by atoms with Gasteiger partial charge in [-0.2, -0.15) is 0 Å². The highest BCUT2D eigenvalue weighted by molar-refractivity contribution is 5.22. The lowest BCUT2D eigenvalue weighted by atomic mass is 9.50. The summed E-state index contributed by atoms with van der Waals surface area (Å²) in [5.41, 5.74) is 0.767. The van der Waals surface area contributed by atoms with E-state index in [1.807, 2.05) is 13.8 Å². The van der Waals surface area contributed by atoms with Gasteiger partial charge in [-0.1, -0.05) is 25.5 Å². The van der Waals surface area contributed by atoms with Crippen LogP contribution in [0, 0.1) is 40.9 Å². The maximum Gasteiger partial charge on any atom is 0.0706 e. The van der Waals surface area contributed by atoms with Crippen LogP contribution in [0.5, 0.6) is 0 Å². The minimum atomic E-state index is -0.665. The van der Waals surface area contributed by atoms with Crippen molar-refractivity contribution in [3.63, 3.8) is 0 Å². The molecule has 0 aromatic carbocycles. The molecule has 4 aliphatic rings. The van der Waals surface area contributed by atoms with Crippen LogP contribution in [-0.4, -0.2) is 33.1 Å². The Kier molecular flexibility index (Phi) is 6.23. The summed E-state index contributed by atoms with van der Waals surface area (Å²) in [7, 11) is 0. The fraction of sp³-hybridized carbons (Fsp3) is 0.926. The Morgan fingerprint density at radius 1 is 1.13 bits per heavy atom. The van der Waals surface area contributed by atoms with Gasteiger partial charge in [0.2, 0.25) is 0 Å². The quantitative estimate of drug-likeness (QED) is 0.501. The van der Waals surface area contributed by atoms with Gasteiger partial charge >= 0.3 is 0 Å². The second-order valence-corrected chi connectivity index (χ2v) is 12.5. The van der Waals surface area contributed by atoms with Gasteiger partial charge in [0.05, 0.1) is 11.2 Å². The normalized spacial score (nSPS) is 44.6. The number of hydrogen-bond donors (Lipinski definition) is 3. The molecule has 3 saturated carbocycles. The van der Waals surface area contributed by atoms with Crippen molar-refractivity contribution >= 4 is 0 Å². The first-order valence-corrected chi connectivity index (χ1v) is 12.8. The lowest BCUT2D eigenvalue weighted by molar-refractivity contribution is -0.0518. The van der Waals surface area contributed by atoms with E-state index >= 15 is 0 Å². The molecule has 0 radical (unpaired) electrons. The molecule has 172 valence electrons. The molecule has 3 fully saturated rings. The van der Waals surface area contributed by atoms with Crippen LogP contribution in [0.25, 0.3) is 0 Å². The van der Waals surface area contributed by atoms with Crippen molar-refractivity contribution in [1.29, 1.82) is 0 Å². The Bertz CT molecular complexity index is 649. The molecule has 0 bridgehead atoms. The topological polar surface area (TPSA) is 60.7 Å². The van der Waals surface area contributed by atoms with E-state index in [9.17, 15) is 15.3 Å². The molecule has 4 rings (SSSR count). The van der Waals surface area contributed by atoms with Crippen molar-refractivity contribution < 1.29 is 15.3 Å². The first-order valence-electron chi connectivity index (χ1n) is 12.8. The number of aliphatic hydroxyl groups excluding tert-OH is 1. The Labute approximate surface area is 184 Å². The molecular formula is C27H46O3. The molecular weight excluding hydrogens is 372 g/mol. The van der Waals surface area contributed by atoms with E-state index in [1.54, 1.807) is 0 Å². The number of hydrogen-bond acceptors (Lipinski definition) is 3. The molecule has 30 heavy (non-hydrogen) atoms. The summed E-state index contributed by atoms with van der Waals surface area (Å²) in [5, 5.41) is 30.4. The average molecular weight is 419 g/mol. The van der Waals surface area contributed by atoms with Crippen LogP contribution in [0.3, 0.4) is 0 Å². The fourth-order valence-electron chi connectivity index (χ4n) is 8.54. The van der Waals surface area contributed by atoms with Crippen LogP contribution < -0.4 is 0 Å². The van der Waals surface area contributed by atoms with Crippen molar-refractivity contribution in [3.05, 3.63) is 11.6 Å². The average Bonchev–Trinajstić information content (AvgIpc) is 3.02. The summed E-state index contributed by atoms with van der Waals surface area (Å²) >= 11 is 0. The van der Waals surface area contributed by atoms with E-state index in [-0.39, 0.29) is 6.61 Å². The number of allylic oxidation sites excluding steroid dienone is 1. The molecule has 8 atom stereocenters. The lowest BCUT2D eigenvalue weighted by Crippen LogP contribution is -2.48. The van der Waals surface area contributed by atoms with Gasteiger partial charge in [-0.25, -0.2) is 0 Å². The first kappa shape index (κ1) is 22.8. The smallest absolute Gasteiger partial charge is 0.0706 e. The van der Waals surface area contributed by atoms with E-state index < -0.39 is 11.2 Å². The van der Waals surface area contributed by atoms with Crippen LogP contribution in [0.4, 0.5) is 0 Å². The van der Waals surface area contributed by atoms with Gasteiger partial charge in [0.15, 0.2) is 0 Å². The van der Waals surface area contributed by atoms with Crippen molar-refractivity contribution in [2.24, 2.45) is 40.9 Å². The molecule has 0 aromatic heterocycles. The monoisotopic (exact) mass is 418 g/mol. The fourth-order valence-corrected chi connectivity index (χ4v) is 8.54. The van der Waals surface area contributed by atoms with E-state index in [2.05, 4.69) is 19.9 Å². The van der Waals surface area contributed by atoms with E-state index in [1.165, 1.54) is 37.7 Å². The summed E-state index contributed by atoms with van der Waals surface area (Å²) in [4.78, 5) is 0. The lowest BCUT2D eigenvalue weighted by Gasteiger charge is -2.55. The van der Waals surface area contributed by atoms with E-state index in [4.69, 9.17) is 0 Å². The third kappa shape index (κ3) is 4.16. The zero-order chi connectivity index (χ0) is 21.7. The molecule has 4 aliphatic carbocycles. The number of rotatable bonds is 6. The van der Waals surface area contributed by atoms with E-state index in [0.717, 1.165) is 55.8 Å². The minimum Gasteiger partial charge on any atom is -0.396 e. The third-order valence-electron chi connectivity index (χ3n) is 10.1. The molecule has 0 spiro atoms. The molecule has 0 aromatic rings. The molecule has 3 N–H and O–H groups in total. The minimum absolute atomic E-state index is 0.0912. The van der Waals surface area contributed by atoms with Gasteiger partial charge in [-0.15, -0.1) is 0 Å². The van der Waals surface area contributed by atoms with E-state index in [0.29, 0.717) is 23.7 Å². The van der Waals surface area contributed by atoms with Gasteiger partial charge < -0.3 is 15.3 Å². The second-order valence-electron chi connectivity index (χ2n) is 12.5. The number of fused-ring (bicyclic) bond motifs is 5. The van der Waals surface area contributed by atoms with Crippen LogP contribution in [0.15, 0.2) is 11.6 Å². The van der Waals surface area contributed by atoms with Gasteiger partial charge in [0.25, 0.3) is 0 Å². The predicted octanol–water partition coefficient (Wildman–Crippen LogP) is 5.48. The Hall–Kier alpha value is -0.380. The van der Waals surface area contributed by atoms with Gasteiger partial charge in [-0.3, -0.25) is 0 Å². The van der Waals surface area contributed by atoms with Crippen LogP contribution >= 0.6 is 0 Å². The van der Waals surface area contributed by atoms with Gasteiger partial charge in [0, 0.05) is 6.61 Å². The first-order chi connectivity index (χ1) is 14.1. The molecule has 0 amide bonds. The SMILES string of the molecule is CC(CCC(C)(C)O)[C@H]1CCC2C3CC=C4C[C@](O)(CCO)CC[C@@H]4C3CC[C@@]21C. The maximum atomic E-state index is 10.9. The molecule has 0 heterocycles. The van der Waals surface area contributed by atoms with Gasteiger partial charge in [-0.05, 0) is 125 Å². The summed E-state index contributed by atoms with van der Waals surface area (Å²) < 4.78 is 0. The van der Waals surface area contributed by atoms with Crippen molar-refractivity contribution in [2.45, 2.75) is 110 Å². The predicted molar refractivity (Wildman–Crippen MR) is 122 cm³/mol. The van der Waals surface area contributed by atoms with Gasteiger partial charge in [0.1, 0.15) is 0 Å². The van der Waals surface area contributed by atoms with Crippen molar-refractivity contribution in [1.82, 2.24) is 0 Å². The van der Waals surface area contributed by atoms with Crippen LogP contribution in [0.2, 0.25) is 0 Å². The molecule has 3 heteroatoms. The summed E-state index contributed by atoms with van der Waals surface area (Å²) in [6.07, 6.45) is 14.5. The zero-order valence-electron chi connectivity index (χ0n) is 19.9. The Balaban J connectivity index is 1.47. The largest absolute Gasteiger partial charge is 0.396 e. The molecule has 0 aliphatic heterocycles. The van der Waals surface area contributed by atoms with Crippen molar-refractivity contribution in [2.75, 3.05) is 6.61 Å². The Morgan fingerprint density at radius 3 is 2.60 bits per heavy atom. The second kappa shape index (κ2) is 8.19. The summed E-state index contributed by atoms with van der Waals surface area (Å²) in [5.74, 6) is 4.67. The van der Waals surface area contributed by atoms with Crippen molar-refractivity contribution in [3.8, 4) is 0 Å².